The molecule has 1 amide bonds. The van der Waals surface area contributed by atoms with Crippen molar-refractivity contribution in [3.63, 3.8) is 0 Å². The van der Waals surface area contributed by atoms with Crippen molar-refractivity contribution in [2.45, 2.75) is 44.6 Å². The molecule has 110 valence electrons. The molecule has 2 fully saturated rings. The van der Waals surface area contributed by atoms with Gasteiger partial charge in [0.15, 0.2) is 0 Å². The molecule has 7 heteroatoms. The van der Waals surface area contributed by atoms with E-state index >= 15 is 0 Å². The Bertz CT molecular complexity index is 672. The third kappa shape index (κ3) is 2.32. The molecule has 0 bridgehead atoms. The normalized spacial score (nSPS) is 24.0. The standard InChI is InChI=1S/C14H17N5O2/c1-2-19-7-16-18-12(19)9-5-10(9)13(20)17-14-15-6-11(21-14)8-3-4-8/h6-10H,2-5H2,1H3,(H,15,17,20). The Morgan fingerprint density at radius 2 is 2.38 bits per heavy atom. The largest absolute Gasteiger partial charge is 0.428 e. The van der Waals surface area contributed by atoms with Crippen molar-refractivity contribution < 1.29 is 9.21 Å². The first-order valence-corrected chi connectivity index (χ1v) is 7.40. The number of anilines is 1. The second-order valence-corrected chi connectivity index (χ2v) is 5.76. The fourth-order valence-corrected chi connectivity index (χ4v) is 2.66. The van der Waals surface area contributed by atoms with Crippen LogP contribution in [0.3, 0.4) is 0 Å². The molecule has 4 rings (SSSR count). The predicted molar refractivity (Wildman–Crippen MR) is 73.7 cm³/mol. The zero-order chi connectivity index (χ0) is 14.4. The van der Waals surface area contributed by atoms with Crippen LogP contribution in [0.15, 0.2) is 16.9 Å². The minimum absolute atomic E-state index is 0.0464. The Morgan fingerprint density at radius 3 is 3.14 bits per heavy atom. The van der Waals surface area contributed by atoms with Crippen molar-refractivity contribution in [2.24, 2.45) is 5.92 Å². The van der Waals surface area contributed by atoms with Crippen LogP contribution in [0.4, 0.5) is 6.01 Å². The number of aromatic nitrogens is 4. The van der Waals surface area contributed by atoms with Gasteiger partial charge >= 0.3 is 6.01 Å². The molecule has 21 heavy (non-hydrogen) atoms. The van der Waals surface area contributed by atoms with E-state index in [0.717, 1.165) is 37.4 Å². The first-order chi connectivity index (χ1) is 10.3. The van der Waals surface area contributed by atoms with Gasteiger partial charge in [-0.1, -0.05) is 0 Å². The van der Waals surface area contributed by atoms with Gasteiger partial charge in [-0.15, -0.1) is 10.2 Å². The van der Waals surface area contributed by atoms with Crippen LogP contribution < -0.4 is 5.32 Å². The van der Waals surface area contributed by atoms with E-state index in [2.05, 4.69) is 20.5 Å². The molecule has 2 aromatic heterocycles. The van der Waals surface area contributed by atoms with Gasteiger partial charge in [-0.25, -0.2) is 4.98 Å². The highest BCUT2D eigenvalue weighted by atomic mass is 16.4. The highest BCUT2D eigenvalue weighted by Crippen LogP contribution is 2.47. The number of amides is 1. The highest BCUT2D eigenvalue weighted by molar-refractivity contribution is 5.93. The Balaban J connectivity index is 1.40. The van der Waals surface area contributed by atoms with Crippen molar-refractivity contribution >= 4 is 11.9 Å². The summed E-state index contributed by atoms with van der Waals surface area (Å²) in [6, 6.07) is 0.310. The summed E-state index contributed by atoms with van der Waals surface area (Å²) in [4.78, 5) is 16.3. The van der Waals surface area contributed by atoms with Crippen LogP contribution in [-0.4, -0.2) is 25.7 Å². The lowest BCUT2D eigenvalue weighted by atomic mass is 10.3. The molecule has 1 N–H and O–H groups in total. The highest BCUT2D eigenvalue weighted by Gasteiger charge is 2.47. The molecule has 0 saturated heterocycles. The fraction of sp³-hybridized carbons (Fsp3) is 0.571. The maximum Gasteiger partial charge on any atom is 0.301 e. The van der Waals surface area contributed by atoms with Crippen molar-refractivity contribution in [1.29, 1.82) is 0 Å². The zero-order valence-corrected chi connectivity index (χ0v) is 11.8. The van der Waals surface area contributed by atoms with Crippen LogP contribution in [-0.2, 0) is 11.3 Å². The summed E-state index contributed by atoms with van der Waals surface area (Å²) in [5.74, 6) is 2.32. The molecule has 2 heterocycles. The van der Waals surface area contributed by atoms with Gasteiger partial charge in [-0.05, 0) is 26.2 Å². The summed E-state index contributed by atoms with van der Waals surface area (Å²) in [7, 11) is 0. The van der Waals surface area contributed by atoms with Crippen molar-refractivity contribution in [2.75, 3.05) is 5.32 Å². The molecular weight excluding hydrogens is 270 g/mol. The third-order valence-corrected chi connectivity index (χ3v) is 4.18. The van der Waals surface area contributed by atoms with E-state index < -0.39 is 0 Å². The number of hydrogen-bond donors (Lipinski definition) is 1. The van der Waals surface area contributed by atoms with E-state index in [0.29, 0.717) is 11.9 Å². The summed E-state index contributed by atoms with van der Waals surface area (Å²) in [5, 5.41) is 10.8. The van der Waals surface area contributed by atoms with Crippen LogP contribution in [0.2, 0.25) is 0 Å². The molecule has 0 aromatic carbocycles. The lowest BCUT2D eigenvalue weighted by molar-refractivity contribution is -0.117. The minimum atomic E-state index is -0.0595. The fourth-order valence-electron chi connectivity index (χ4n) is 2.66. The summed E-state index contributed by atoms with van der Waals surface area (Å²) in [5.41, 5.74) is 0. The summed E-state index contributed by atoms with van der Waals surface area (Å²) < 4.78 is 7.53. The minimum Gasteiger partial charge on any atom is -0.428 e. The van der Waals surface area contributed by atoms with Gasteiger partial charge < -0.3 is 8.98 Å². The average Bonchev–Trinajstić information content (AvgIpc) is 3.40. The molecule has 2 aromatic rings. The number of rotatable bonds is 5. The van der Waals surface area contributed by atoms with Crippen molar-refractivity contribution in [1.82, 2.24) is 19.7 Å². The smallest absolute Gasteiger partial charge is 0.301 e. The third-order valence-electron chi connectivity index (χ3n) is 4.18. The van der Waals surface area contributed by atoms with Crippen LogP contribution in [0.5, 0.6) is 0 Å². The van der Waals surface area contributed by atoms with E-state index in [1.807, 2.05) is 11.5 Å². The van der Waals surface area contributed by atoms with Gasteiger partial charge in [0, 0.05) is 24.3 Å². The number of nitrogens with one attached hydrogen (secondary N) is 1. The van der Waals surface area contributed by atoms with Crippen LogP contribution >= 0.6 is 0 Å². The lowest BCUT2D eigenvalue weighted by Gasteiger charge is -2.02. The molecule has 7 nitrogen and oxygen atoms in total. The maximum atomic E-state index is 12.2. The molecule has 0 radical (unpaired) electrons. The average molecular weight is 287 g/mol. The number of aryl methyl sites for hydroxylation is 1. The van der Waals surface area contributed by atoms with Crippen LogP contribution in [0, 0.1) is 5.92 Å². The number of nitrogens with zero attached hydrogens (tertiary/aromatic N) is 4. The molecular formula is C14H17N5O2. The first-order valence-electron chi connectivity index (χ1n) is 7.40. The van der Waals surface area contributed by atoms with Gasteiger partial charge in [-0.2, -0.15) is 0 Å². The predicted octanol–water partition coefficient (Wildman–Crippen LogP) is 1.91. The Morgan fingerprint density at radius 1 is 1.52 bits per heavy atom. The number of carbonyl (C=O) groups is 1. The second kappa shape index (κ2) is 4.68. The van der Waals surface area contributed by atoms with E-state index in [1.54, 1.807) is 12.5 Å². The maximum absolute atomic E-state index is 12.2. The molecule has 2 aliphatic carbocycles. The number of hydrogen-bond acceptors (Lipinski definition) is 5. The van der Waals surface area contributed by atoms with E-state index in [4.69, 9.17) is 4.42 Å². The summed E-state index contributed by atoms with van der Waals surface area (Å²) in [6.45, 7) is 2.86. The van der Waals surface area contributed by atoms with E-state index in [9.17, 15) is 4.79 Å². The lowest BCUT2D eigenvalue weighted by Crippen LogP contribution is -2.15. The van der Waals surface area contributed by atoms with Crippen molar-refractivity contribution in [3.05, 3.63) is 24.1 Å². The zero-order valence-electron chi connectivity index (χ0n) is 11.8. The van der Waals surface area contributed by atoms with Gasteiger partial charge in [-0.3, -0.25) is 10.1 Å². The van der Waals surface area contributed by atoms with Gasteiger partial charge in [0.2, 0.25) is 5.91 Å². The summed E-state index contributed by atoms with van der Waals surface area (Å²) in [6.07, 6.45) is 6.53. The first kappa shape index (κ1) is 12.6. The monoisotopic (exact) mass is 287 g/mol. The second-order valence-electron chi connectivity index (χ2n) is 5.76. The molecule has 0 spiro atoms. The van der Waals surface area contributed by atoms with E-state index in [-0.39, 0.29) is 17.7 Å². The van der Waals surface area contributed by atoms with Crippen LogP contribution in [0.25, 0.3) is 0 Å². The Labute approximate surface area is 121 Å². The Hall–Kier alpha value is -2.18. The molecule has 2 atom stereocenters. The van der Waals surface area contributed by atoms with Gasteiger partial charge in [0.1, 0.15) is 17.9 Å². The number of oxazole rings is 1. The van der Waals surface area contributed by atoms with Crippen molar-refractivity contribution in [3.8, 4) is 0 Å². The van der Waals surface area contributed by atoms with E-state index in [1.165, 1.54) is 0 Å². The quantitative estimate of drug-likeness (QED) is 0.907. The molecule has 2 saturated carbocycles. The van der Waals surface area contributed by atoms with Gasteiger partial charge in [0.25, 0.3) is 0 Å². The molecule has 2 aliphatic rings. The van der Waals surface area contributed by atoms with Crippen LogP contribution in [0.1, 0.15) is 49.6 Å². The molecule has 0 aliphatic heterocycles. The van der Waals surface area contributed by atoms with Gasteiger partial charge in [0.05, 0.1) is 6.20 Å². The Kier molecular flexibility index (Phi) is 2.80. The molecule has 2 unspecified atom stereocenters. The summed E-state index contributed by atoms with van der Waals surface area (Å²) >= 11 is 0. The topological polar surface area (TPSA) is 85.8 Å². The number of carbonyl (C=O) groups excluding carboxylic acids is 1. The SMILES string of the molecule is CCn1cnnc1C1CC1C(=O)Nc1ncc(C2CC2)o1.